The number of halogens is 1. The number of hydrogen-bond donors (Lipinski definition) is 1. The van der Waals surface area contributed by atoms with Crippen molar-refractivity contribution in [3.8, 4) is 11.4 Å². The summed E-state index contributed by atoms with van der Waals surface area (Å²) in [5, 5.41) is 0.986. The Morgan fingerprint density at radius 2 is 1.97 bits per heavy atom. The van der Waals surface area contributed by atoms with Crippen LogP contribution in [0.15, 0.2) is 41.5 Å². The molecule has 0 bridgehead atoms. The Bertz CT molecular complexity index is 1150. The molecule has 2 aromatic carbocycles. The van der Waals surface area contributed by atoms with E-state index >= 15 is 0 Å². The van der Waals surface area contributed by atoms with E-state index < -0.39 is 5.82 Å². The molecule has 2 aliphatic heterocycles. The van der Waals surface area contributed by atoms with Crippen LogP contribution in [-0.4, -0.2) is 59.8 Å². The van der Waals surface area contributed by atoms with Gasteiger partial charge in [0.15, 0.2) is 5.82 Å². The van der Waals surface area contributed by atoms with Crippen LogP contribution in [0.2, 0.25) is 0 Å². The fourth-order valence-corrected chi connectivity index (χ4v) is 4.62. The van der Waals surface area contributed by atoms with E-state index in [1.165, 1.54) is 44.1 Å². The number of aromatic nitrogens is 2. The maximum atomic E-state index is 14.4. The van der Waals surface area contributed by atoms with Crippen LogP contribution in [0.3, 0.4) is 0 Å². The molecule has 3 aromatic rings. The van der Waals surface area contributed by atoms with Crippen LogP contribution in [0.4, 0.5) is 15.8 Å². The Morgan fingerprint density at radius 1 is 1.16 bits per heavy atom. The first-order valence-corrected chi connectivity index (χ1v) is 11.5. The van der Waals surface area contributed by atoms with Gasteiger partial charge in [-0.1, -0.05) is 0 Å². The van der Waals surface area contributed by atoms with Gasteiger partial charge in [-0.15, -0.1) is 0 Å². The van der Waals surface area contributed by atoms with Gasteiger partial charge >= 0.3 is 0 Å². The maximum absolute atomic E-state index is 14.4. The number of rotatable bonds is 5. The third kappa shape index (κ3) is 4.05. The van der Waals surface area contributed by atoms with Crippen LogP contribution in [0.1, 0.15) is 31.7 Å². The Morgan fingerprint density at radius 3 is 2.69 bits per heavy atom. The lowest BCUT2D eigenvalue weighted by Crippen LogP contribution is -2.50. The fraction of sp³-hybridized carbons (Fsp3) is 0.400. The molecule has 0 atom stereocenters. The molecule has 166 valence electrons. The number of nitrogens with zero attached hydrogens (tertiary/aromatic N) is 5. The maximum Gasteiger partial charge on any atom is 0.159 e. The van der Waals surface area contributed by atoms with Crippen molar-refractivity contribution in [3.05, 3.63) is 47.9 Å². The molecule has 5 rings (SSSR count). The highest BCUT2D eigenvalue weighted by Crippen LogP contribution is 2.29. The number of nitrogens with two attached hydrogens (primary N) is 1. The molecule has 0 spiro atoms. The lowest BCUT2D eigenvalue weighted by molar-refractivity contribution is 0.100. The predicted molar refractivity (Wildman–Crippen MR) is 129 cm³/mol. The molecular formula is C25H29FN6. The second-order valence-electron chi connectivity index (χ2n) is 8.63. The minimum Gasteiger partial charge on any atom is -0.396 e. The lowest BCUT2D eigenvalue weighted by atomic mass is 9.99. The SMILES string of the molecule is CCN=Cc1cc(-c2ncc3cc(N4CCC(N5CCC5)CC4)ccc3n2)cc(F)c1N. The van der Waals surface area contributed by atoms with Gasteiger partial charge in [0.05, 0.1) is 11.2 Å². The average Bonchev–Trinajstić information content (AvgIpc) is 2.78. The number of benzene rings is 2. The highest BCUT2D eigenvalue weighted by atomic mass is 19.1. The summed E-state index contributed by atoms with van der Waals surface area (Å²) in [6.07, 6.45) is 7.21. The number of hydrogen-bond acceptors (Lipinski definition) is 6. The van der Waals surface area contributed by atoms with Crippen molar-refractivity contribution in [1.29, 1.82) is 0 Å². The zero-order valence-electron chi connectivity index (χ0n) is 18.5. The first kappa shape index (κ1) is 20.8. The smallest absolute Gasteiger partial charge is 0.159 e. The van der Waals surface area contributed by atoms with E-state index in [1.807, 2.05) is 19.2 Å². The summed E-state index contributed by atoms with van der Waals surface area (Å²) in [6, 6.07) is 10.2. The molecule has 2 saturated heterocycles. The second-order valence-corrected chi connectivity index (χ2v) is 8.63. The summed E-state index contributed by atoms with van der Waals surface area (Å²) in [7, 11) is 0. The zero-order valence-corrected chi connectivity index (χ0v) is 18.5. The third-order valence-electron chi connectivity index (χ3n) is 6.63. The molecule has 2 aliphatic rings. The Hall–Kier alpha value is -3.06. The van der Waals surface area contributed by atoms with E-state index in [4.69, 9.17) is 5.73 Å². The molecule has 6 nitrogen and oxygen atoms in total. The Kier molecular flexibility index (Phi) is 5.74. The van der Waals surface area contributed by atoms with Crippen molar-refractivity contribution in [2.45, 2.75) is 32.2 Å². The highest BCUT2D eigenvalue weighted by molar-refractivity contribution is 5.90. The topological polar surface area (TPSA) is 70.6 Å². The van der Waals surface area contributed by atoms with Crippen LogP contribution >= 0.6 is 0 Å². The van der Waals surface area contributed by atoms with Gasteiger partial charge < -0.3 is 15.5 Å². The first-order chi connectivity index (χ1) is 15.6. The molecule has 0 unspecified atom stereocenters. The van der Waals surface area contributed by atoms with Gasteiger partial charge in [0, 0.05) is 60.3 Å². The van der Waals surface area contributed by atoms with E-state index in [0.29, 0.717) is 23.5 Å². The van der Waals surface area contributed by atoms with Gasteiger partial charge in [-0.25, -0.2) is 14.4 Å². The third-order valence-corrected chi connectivity index (χ3v) is 6.63. The summed E-state index contributed by atoms with van der Waals surface area (Å²) >= 11 is 0. The molecule has 0 radical (unpaired) electrons. The van der Waals surface area contributed by atoms with E-state index in [2.05, 4.69) is 36.9 Å². The van der Waals surface area contributed by atoms with Crippen molar-refractivity contribution in [1.82, 2.24) is 14.9 Å². The van der Waals surface area contributed by atoms with Gasteiger partial charge in [-0.3, -0.25) is 4.99 Å². The van der Waals surface area contributed by atoms with Crippen LogP contribution in [0, 0.1) is 5.82 Å². The van der Waals surface area contributed by atoms with Gasteiger partial charge in [0.2, 0.25) is 0 Å². The minimum absolute atomic E-state index is 0.0919. The molecular weight excluding hydrogens is 403 g/mol. The van der Waals surface area contributed by atoms with Gasteiger partial charge in [-0.05, 0) is 69.6 Å². The quantitative estimate of drug-likeness (QED) is 0.485. The van der Waals surface area contributed by atoms with E-state index in [0.717, 1.165) is 30.0 Å². The minimum atomic E-state index is -0.485. The largest absolute Gasteiger partial charge is 0.396 e. The van der Waals surface area contributed by atoms with Crippen LogP contribution in [0.25, 0.3) is 22.3 Å². The van der Waals surface area contributed by atoms with E-state index in [9.17, 15) is 4.39 Å². The number of fused-ring (bicyclic) bond motifs is 1. The van der Waals surface area contributed by atoms with Crippen molar-refractivity contribution >= 4 is 28.5 Å². The number of aliphatic imine (C=N–C) groups is 1. The average molecular weight is 433 g/mol. The molecule has 0 saturated carbocycles. The van der Waals surface area contributed by atoms with Gasteiger partial charge in [-0.2, -0.15) is 0 Å². The monoisotopic (exact) mass is 432 g/mol. The van der Waals surface area contributed by atoms with Crippen LogP contribution in [0.5, 0.6) is 0 Å². The van der Waals surface area contributed by atoms with Crippen LogP contribution in [-0.2, 0) is 0 Å². The van der Waals surface area contributed by atoms with Crippen molar-refractivity contribution < 1.29 is 4.39 Å². The molecule has 2 N–H and O–H groups in total. The Balaban J connectivity index is 1.37. The predicted octanol–water partition coefficient (Wildman–Crippen LogP) is 4.13. The first-order valence-electron chi connectivity index (χ1n) is 11.5. The van der Waals surface area contributed by atoms with Crippen molar-refractivity contribution in [2.24, 2.45) is 4.99 Å². The van der Waals surface area contributed by atoms with E-state index in [1.54, 1.807) is 12.3 Å². The molecule has 2 fully saturated rings. The van der Waals surface area contributed by atoms with Gasteiger partial charge in [0.25, 0.3) is 0 Å². The zero-order chi connectivity index (χ0) is 22.1. The number of piperidine rings is 1. The van der Waals surface area contributed by atoms with Crippen molar-refractivity contribution in [2.75, 3.05) is 43.4 Å². The second kappa shape index (κ2) is 8.82. The normalized spacial score (nSPS) is 17.9. The van der Waals surface area contributed by atoms with Crippen molar-refractivity contribution in [3.63, 3.8) is 0 Å². The molecule has 7 heteroatoms. The fourth-order valence-electron chi connectivity index (χ4n) is 4.62. The van der Waals surface area contributed by atoms with Crippen LogP contribution < -0.4 is 10.6 Å². The van der Waals surface area contributed by atoms with Gasteiger partial charge in [0.1, 0.15) is 5.82 Å². The Labute approximate surface area is 188 Å². The number of anilines is 2. The number of likely N-dealkylation sites (tertiary alicyclic amines) is 1. The molecule has 1 aromatic heterocycles. The number of nitrogen functional groups attached to an aromatic ring is 1. The summed E-state index contributed by atoms with van der Waals surface area (Å²) in [4.78, 5) is 18.5. The highest BCUT2D eigenvalue weighted by Gasteiger charge is 2.27. The molecule has 32 heavy (non-hydrogen) atoms. The molecule has 0 amide bonds. The summed E-state index contributed by atoms with van der Waals surface area (Å²) in [5.74, 6) is -0.00797. The summed E-state index contributed by atoms with van der Waals surface area (Å²) in [5.41, 5.74) is 9.16. The summed E-state index contributed by atoms with van der Waals surface area (Å²) < 4.78 is 14.4. The molecule has 0 aliphatic carbocycles. The standard InChI is InChI=1S/C25H29FN6/c1-2-28-15-19-12-17(14-22(26)24(19)27)25-29-16-18-13-21(4-5-23(18)30-25)32-10-6-20(7-11-32)31-8-3-9-31/h4-5,12-16,20H,2-3,6-11,27H2,1H3. The summed E-state index contributed by atoms with van der Waals surface area (Å²) in [6.45, 7) is 7.23. The lowest BCUT2D eigenvalue weighted by Gasteiger charge is -2.43. The molecule has 3 heterocycles. The van der Waals surface area contributed by atoms with E-state index in [-0.39, 0.29) is 5.69 Å².